The molecular formula is C13H27N. The molecule has 0 atom stereocenters. The molecule has 14 heavy (non-hydrogen) atoms. The Kier molecular flexibility index (Phi) is 13.3. The standard InChI is InChI=1S/C9H13N.2C2H6.H2/c1-3-10-9-7-5-4-6-8(9)2;2*1-2;/h4-7,10H,3H2,1-2H3;2*1-2H3;1H. The second kappa shape index (κ2) is 12.0. The van der Waals surface area contributed by atoms with Gasteiger partial charge in [-0.1, -0.05) is 45.9 Å². The van der Waals surface area contributed by atoms with E-state index in [2.05, 4.69) is 37.4 Å². The van der Waals surface area contributed by atoms with Gasteiger partial charge < -0.3 is 5.32 Å². The second-order valence-corrected chi connectivity index (χ2v) is 2.35. The minimum absolute atomic E-state index is 0. The first-order valence-corrected chi connectivity index (χ1v) is 5.64. The third-order valence-corrected chi connectivity index (χ3v) is 1.51. The lowest BCUT2D eigenvalue weighted by molar-refractivity contribution is 1.20. The highest BCUT2D eigenvalue weighted by atomic mass is 14.9. The van der Waals surface area contributed by atoms with Crippen LogP contribution in [0.2, 0.25) is 0 Å². The number of nitrogens with one attached hydrogen (secondary N) is 1. The second-order valence-electron chi connectivity index (χ2n) is 2.35. The molecule has 1 N–H and O–H groups in total. The zero-order valence-corrected chi connectivity index (χ0v) is 10.5. The Bertz CT molecular complexity index is 211. The van der Waals surface area contributed by atoms with Crippen LogP contribution >= 0.6 is 0 Å². The van der Waals surface area contributed by atoms with E-state index in [0.717, 1.165) is 6.54 Å². The number of para-hydroxylation sites is 1. The molecule has 0 spiro atoms. The lowest BCUT2D eigenvalue weighted by atomic mass is 10.2. The average Bonchev–Trinajstić information content (AvgIpc) is 2.28. The van der Waals surface area contributed by atoms with E-state index < -0.39 is 0 Å². The first-order chi connectivity index (χ1) is 6.84. The molecule has 0 aromatic heterocycles. The summed E-state index contributed by atoms with van der Waals surface area (Å²) >= 11 is 0. The van der Waals surface area contributed by atoms with Crippen LogP contribution in [0.25, 0.3) is 0 Å². The quantitative estimate of drug-likeness (QED) is 0.723. The van der Waals surface area contributed by atoms with Crippen molar-refractivity contribution in [3.8, 4) is 0 Å². The molecule has 1 rings (SSSR count). The van der Waals surface area contributed by atoms with Crippen molar-refractivity contribution in [2.45, 2.75) is 41.5 Å². The van der Waals surface area contributed by atoms with Gasteiger partial charge in [-0.25, -0.2) is 0 Å². The van der Waals surface area contributed by atoms with Gasteiger partial charge in [-0.15, -0.1) is 0 Å². The summed E-state index contributed by atoms with van der Waals surface area (Å²) in [5.74, 6) is 0. The highest BCUT2D eigenvalue weighted by molar-refractivity contribution is 5.49. The molecule has 0 saturated heterocycles. The van der Waals surface area contributed by atoms with E-state index in [1.165, 1.54) is 11.3 Å². The summed E-state index contributed by atoms with van der Waals surface area (Å²) in [6, 6.07) is 8.30. The van der Waals surface area contributed by atoms with E-state index >= 15 is 0 Å². The fourth-order valence-corrected chi connectivity index (χ4v) is 0.962. The van der Waals surface area contributed by atoms with E-state index in [-0.39, 0.29) is 1.43 Å². The number of benzene rings is 1. The van der Waals surface area contributed by atoms with Crippen molar-refractivity contribution in [2.24, 2.45) is 0 Å². The van der Waals surface area contributed by atoms with E-state index in [4.69, 9.17) is 0 Å². The average molecular weight is 197 g/mol. The van der Waals surface area contributed by atoms with Crippen LogP contribution in [-0.2, 0) is 0 Å². The van der Waals surface area contributed by atoms with Crippen molar-refractivity contribution < 1.29 is 1.43 Å². The molecule has 0 aliphatic rings. The first kappa shape index (κ1) is 15.5. The largest absolute Gasteiger partial charge is 0.385 e. The Morgan fingerprint density at radius 1 is 1.07 bits per heavy atom. The molecule has 0 radical (unpaired) electrons. The summed E-state index contributed by atoms with van der Waals surface area (Å²) in [5.41, 5.74) is 2.55. The van der Waals surface area contributed by atoms with Crippen molar-refractivity contribution in [1.82, 2.24) is 0 Å². The van der Waals surface area contributed by atoms with Gasteiger partial charge in [0.25, 0.3) is 0 Å². The van der Waals surface area contributed by atoms with E-state index in [0.29, 0.717) is 0 Å². The van der Waals surface area contributed by atoms with Crippen LogP contribution in [0, 0.1) is 6.92 Å². The predicted octanol–water partition coefficient (Wildman–Crippen LogP) is 4.73. The van der Waals surface area contributed by atoms with Gasteiger partial charge >= 0.3 is 0 Å². The van der Waals surface area contributed by atoms with Gasteiger partial charge in [0, 0.05) is 13.7 Å². The minimum Gasteiger partial charge on any atom is -0.385 e. The Morgan fingerprint density at radius 3 is 2.00 bits per heavy atom. The van der Waals surface area contributed by atoms with Gasteiger partial charge in [-0.3, -0.25) is 0 Å². The summed E-state index contributed by atoms with van der Waals surface area (Å²) in [6.07, 6.45) is 0. The van der Waals surface area contributed by atoms with Crippen molar-refractivity contribution in [1.29, 1.82) is 0 Å². The molecule has 0 fully saturated rings. The van der Waals surface area contributed by atoms with Crippen molar-refractivity contribution in [3.05, 3.63) is 29.8 Å². The van der Waals surface area contributed by atoms with Crippen LogP contribution in [0.15, 0.2) is 24.3 Å². The molecular weight excluding hydrogens is 170 g/mol. The Balaban J connectivity index is -0.000000258. The monoisotopic (exact) mass is 197 g/mol. The molecule has 1 aromatic rings. The van der Waals surface area contributed by atoms with E-state index in [1.54, 1.807) is 0 Å². The minimum atomic E-state index is 0. The van der Waals surface area contributed by atoms with Crippen molar-refractivity contribution >= 4 is 5.69 Å². The molecule has 0 amide bonds. The summed E-state index contributed by atoms with van der Waals surface area (Å²) in [5, 5.41) is 3.28. The molecule has 0 saturated carbocycles. The number of hydrogen-bond donors (Lipinski definition) is 1. The third-order valence-electron chi connectivity index (χ3n) is 1.51. The molecule has 0 heterocycles. The summed E-state index contributed by atoms with van der Waals surface area (Å²) in [6.45, 7) is 13.2. The van der Waals surface area contributed by atoms with Crippen molar-refractivity contribution in [3.63, 3.8) is 0 Å². The summed E-state index contributed by atoms with van der Waals surface area (Å²) < 4.78 is 0. The number of anilines is 1. The molecule has 0 aliphatic heterocycles. The smallest absolute Gasteiger partial charge is 0.0369 e. The number of hydrogen-bond acceptors (Lipinski definition) is 1. The van der Waals surface area contributed by atoms with Gasteiger partial charge in [0.2, 0.25) is 0 Å². The lowest BCUT2D eigenvalue weighted by Gasteiger charge is -2.04. The maximum absolute atomic E-state index is 3.28. The van der Waals surface area contributed by atoms with Crippen LogP contribution in [-0.4, -0.2) is 6.54 Å². The predicted molar refractivity (Wildman–Crippen MR) is 70.2 cm³/mol. The van der Waals surface area contributed by atoms with Crippen LogP contribution in [0.4, 0.5) is 5.69 Å². The normalized spacial score (nSPS) is 7.57. The molecule has 1 aromatic carbocycles. The topological polar surface area (TPSA) is 12.0 Å². The highest BCUT2D eigenvalue weighted by Crippen LogP contribution is 2.11. The maximum Gasteiger partial charge on any atom is 0.0369 e. The van der Waals surface area contributed by atoms with Crippen LogP contribution in [0.3, 0.4) is 0 Å². The summed E-state index contributed by atoms with van der Waals surface area (Å²) in [4.78, 5) is 0. The molecule has 0 bridgehead atoms. The van der Waals surface area contributed by atoms with E-state index in [9.17, 15) is 0 Å². The molecule has 0 aliphatic carbocycles. The van der Waals surface area contributed by atoms with Crippen LogP contribution in [0.1, 0.15) is 41.6 Å². The van der Waals surface area contributed by atoms with Gasteiger partial charge in [-0.05, 0) is 25.5 Å². The number of rotatable bonds is 2. The lowest BCUT2D eigenvalue weighted by Crippen LogP contribution is -1.97. The van der Waals surface area contributed by atoms with Crippen LogP contribution in [0.5, 0.6) is 0 Å². The fourth-order valence-electron chi connectivity index (χ4n) is 0.962. The van der Waals surface area contributed by atoms with Gasteiger partial charge in [0.15, 0.2) is 0 Å². The summed E-state index contributed by atoms with van der Waals surface area (Å²) in [7, 11) is 0. The molecule has 1 heteroatoms. The Hall–Kier alpha value is -0.980. The third kappa shape index (κ3) is 6.53. The fraction of sp³-hybridized carbons (Fsp3) is 0.538. The Labute approximate surface area is 91.0 Å². The molecule has 1 nitrogen and oxygen atoms in total. The highest BCUT2D eigenvalue weighted by Gasteiger charge is 1.90. The Morgan fingerprint density at radius 2 is 1.57 bits per heavy atom. The molecule has 84 valence electrons. The SMILES string of the molecule is CC.CC.CCNc1ccccc1C.[HH]. The molecule has 0 unspecified atom stereocenters. The van der Waals surface area contributed by atoms with Crippen LogP contribution < -0.4 is 5.32 Å². The maximum atomic E-state index is 3.28. The van der Waals surface area contributed by atoms with Gasteiger partial charge in [-0.2, -0.15) is 0 Å². The zero-order chi connectivity index (χ0) is 11.4. The van der Waals surface area contributed by atoms with Gasteiger partial charge in [0.1, 0.15) is 0 Å². The van der Waals surface area contributed by atoms with Gasteiger partial charge in [0.05, 0.1) is 0 Å². The zero-order valence-electron chi connectivity index (χ0n) is 10.5. The van der Waals surface area contributed by atoms with Crippen molar-refractivity contribution in [2.75, 3.05) is 11.9 Å². The van der Waals surface area contributed by atoms with E-state index in [1.807, 2.05) is 33.8 Å². The number of aryl methyl sites for hydroxylation is 1. The first-order valence-electron chi connectivity index (χ1n) is 5.64.